The number of thioether (sulfide) groups is 1. The number of nitrogens with one attached hydrogen (secondary N) is 2. The molecular weight excluding hydrogens is 375 g/mol. The van der Waals surface area contributed by atoms with E-state index in [0.29, 0.717) is 16.1 Å². The average Bonchev–Trinajstić information content (AvgIpc) is 2.62. The van der Waals surface area contributed by atoms with Crippen LogP contribution in [0.5, 0.6) is 0 Å². The molecule has 2 rings (SSSR count). The number of nitrogens with zero attached hydrogens (tertiary/aromatic N) is 2. The SMILES string of the molecule is CN=C(NCCCSC)NC1CCN(Cc2ccc(Cl)c(Cl)c2)CC1. The monoisotopic (exact) mass is 402 g/mol. The molecule has 1 aliphatic heterocycles. The maximum absolute atomic E-state index is 6.11. The highest BCUT2D eigenvalue weighted by Gasteiger charge is 2.20. The molecule has 0 atom stereocenters. The first-order chi connectivity index (χ1) is 12.1. The van der Waals surface area contributed by atoms with Crippen LogP contribution in [-0.2, 0) is 6.54 Å². The first kappa shape index (κ1) is 20.7. The molecule has 1 aromatic carbocycles. The third kappa shape index (κ3) is 7.26. The lowest BCUT2D eigenvalue weighted by molar-refractivity contribution is 0.198. The van der Waals surface area contributed by atoms with E-state index in [1.54, 1.807) is 0 Å². The number of benzene rings is 1. The summed E-state index contributed by atoms with van der Waals surface area (Å²) in [5.74, 6) is 2.10. The molecule has 4 nitrogen and oxygen atoms in total. The normalized spacial score (nSPS) is 16.9. The zero-order valence-electron chi connectivity index (χ0n) is 15.0. The van der Waals surface area contributed by atoms with E-state index in [-0.39, 0.29) is 0 Å². The third-order valence-corrected chi connectivity index (χ3v) is 5.80. The van der Waals surface area contributed by atoms with Crippen LogP contribution in [0.4, 0.5) is 0 Å². The summed E-state index contributed by atoms with van der Waals surface area (Å²) in [6.07, 6.45) is 5.53. The summed E-state index contributed by atoms with van der Waals surface area (Å²) < 4.78 is 0. The number of likely N-dealkylation sites (tertiary alicyclic amines) is 1. The van der Waals surface area contributed by atoms with E-state index in [1.165, 1.54) is 11.3 Å². The standard InChI is InChI=1S/C18H28Cl2N4S/c1-21-18(22-8-3-11-25-2)23-15-6-9-24(10-7-15)13-14-4-5-16(19)17(20)12-14/h4-5,12,15H,3,6-11,13H2,1-2H3,(H2,21,22,23). The van der Waals surface area contributed by atoms with Gasteiger partial charge in [0.05, 0.1) is 10.0 Å². The van der Waals surface area contributed by atoms with Crippen LogP contribution in [0.3, 0.4) is 0 Å². The van der Waals surface area contributed by atoms with Gasteiger partial charge in [-0.2, -0.15) is 11.8 Å². The summed E-state index contributed by atoms with van der Waals surface area (Å²) in [5.41, 5.74) is 1.21. The van der Waals surface area contributed by atoms with Gasteiger partial charge in [0, 0.05) is 39.3 Å². The van der Waals surface area contributed by atoms with Crippen LogP contribution in [0.2, 0.25) is 10.0 Å². The minimum absolute atomic E-state index is 0.483. The molecule has 1 aliphatic rings. The zero-order valence-corrected chi connectivity index (χ0v) is 17.4. The van der Waals surface area contributed by atoms with Crippen molar-refractivity contribution < 1.29 is 0 Å². The fourth-order valence-corrected chi connectivity index (χ4v) is 3.70. The Balaban J connectivity index is 1.72. The summed E-state index contributed by atoms with van der Waals surface area (Å²) in [6, 6.07) is 6.38. The van der Waals surface area contributed by atoms with E-state index in [4.69, 9.17) is 23.2 Å². The van der Waals surface area contributed by atoms with Crippen LogP contribution in [0, 0.1) is 0 Å². The number of rotatable bonds is 7. The van der Waals surface area contributed by atoms with Crippen molar-refractivity contribution in [2.24, 2.45) is 4.99 Å². The molecule has 2 N–H and O–H groups in total. The Kier molecular flexibility index (Phi) is 9.24. The average molecular weight is 403 g/mol. The molecular formula is C18H28Cl2N4S. The van der Waals surface area contributed by atoms with Crippen LogP contribution >= 0.6 is 35.0 Å². The smallest absolute Gasteiger partial charge is 0.191 e. The highest BCUT2D eigenvalue weighted by molar-refractivity contribution is 7.98. The van der Waals surface area contributed by atoms with Crippen molar-refractivity contribution in [2.45, 2.75) is 31.8 Å². The van der Waals surface area contributed by atoms with E-state index in [0.717, 1.165) is 51.4 Å². The second kappa shape index (κ2) is 11.2. The Morgan fingerprint density at radius 2 is 2.04 bits per heavy atom. The van der Waals surface area contributed by atoms with Crippen LogP contribution in [0.25, 0.3) is 0 Å². The van der Waals surface area contributed by atoms with Gasteiger partial charge < -0.3 is 10.6 Å². The van der Waals surface area contributed by atoms with Crippen LogP contribution in [0.15, 0.2) is 23.2 Å². The fraction of sp³-hybridized carbons (Fsp3) is 0.611. The lowest BCUT2D eigenvalue weighted by atomic mass is 10.0. The lowest BCUT2D eigenvalue weighted by Crippen LogP contribution is -2.48. The fourth-order valence-electron chi connectivity index (χ4n) is 2.94. The Labute approximate surface area is 165 Å². The summed E-state index contributed by atoms with van der Waals surface area (Å²) >= 11 is 14.0. The van der Waals surface area contributed by atoms with Crippen molar-refractivity contribution in [3.63, 3.8) is 0 Å². The predicted molar refractivity (Wildman–Crippen MR) is 112 cm³/mol. The van der Waals surface area contributed by atoms with E-state index in [1.807, 2.05) is 30.9 Å². The van der Waals surface area contributed by atoms with Gasteiger partial charge in [-0.3, -0.25) is 9.89 Å². The molecule has 25 heavy (non-hydrogen) atoms. The predicted octanol–water partition coefficient (Wildman–Crippen LogP) is 3.88. The maximum atomic E-state index is 6.11. The Morgan fingerprint density at radius 1 is 1.28 bits per heavy atom. The second-order valence-electron chi connectivity index (χ2n) is 6.29. The summed E-state index contributed by atoms with van der Waals surface area (Å²) in [5, 5.41) is 8.20. The van der Waals surface area contributed by atoms with Crippen molar-refractivity contribution in [2.75, 3.05) is 38.7 Å². The molecule has 0 saturated carbocycles. The first-order valence-corrected chi connectivity index (χ1v) is 10.9. The molecule has 1 saturated heterocycles. The van der Waals surface area contributed by atoms with E-state index in [9.17, 15) is 0 Å². The Morgan fingerprint density at radius 3 is 2.68 bits per heavy atom. The largest absolute Gasteiger partial charge is 0.356 e. The number of piperidine rings is 1. The molecule has 0 amide bonds. The lowest BCUT2D eigenvalue weighted by Gasteiger charge is -2.33. The van der Waals surface area contributed by atoms with Crippen molar-refractivity contribution in [3.05, 3.63) is 33.8 Å². The van der Waals surface area contributed by atoms with Crippen molar-refractivity contribution >= 4 is 40.9 Å². The number of hydrogen-bond acceptors (Lipinski definition) is 3. The molecule has 0 spiro atoms. The molecule has 0 aromatic heterocycles. The highest BCUT2D eigenvalue weighted by Crippen LogP contribution is 2.24. The van der Waals surface area contributed by atoms with E-state index >= 15 is 0 Å². The van der Waals surface area contributed by atoms with Gasteiger partial charge in [-0.1, -0.05) is 29.3 Å². The summed E-state index contributed by atoms with van der Waals surface area (Å²) in [7, 11) is 1.84. The minimum Gasteiger partial charge on any atom is -0.356 e. The van der Waals surface area contributed by atoms with Crippen LogP contribution in [-0.4, -0.2) is 55.6 Å². The van der Waals surface area contributed by atoms with Gasteiger partial charge in [0.1, 0.15) is 0 Å². The maximum Gasteiger partial charge on any atom is 0.191 e. The quantitative estimate of drug-likeness (QED) is 0.412. The van der Waals surface area contributed by atoms with Gasteiger partial charge in [0.2, 0.25) is 0 Å². The van der Waals surface area contributed by atoms with Gasteiger partial charge >= 0.3 is 0 Å². The zero-order chi connectivity index (χ0) is 18.1. The number of guanidine groups is 1. The molecule has 7 heteroatoms. The second-order valence-corrected chi connectivity index (χ2v) is 8.09. The topological polar surface area (TPSA) is 39.7 Å². The van der Waals surface area contributed by atoms with Gasteiger partial charge in [0.25, 0.3) is 0 Å². The van der Waals surface area contributed by atoms with Crippen molar-refractivity contribution in [1.29, 1.82) is 0 Å². The summed E-state index contributed by atoms with van der Waals surface area (Å²) in [6.45, 7) is 4.03. The van der Waals surface area contributed by atoms with Crippen LogP contribution in [0.1, 0.15) is 24.8 Å². The summed E-state index contributed by atoms with van der Waals surface area (Å²) in [4.78, 5) is 6.80. The number of aliphatic imine (C=N–C) groups is 1. The minimum atomic E-state index is 0.483. The van der Waals surface area contributed by atoms with E-state index < -0.39 is 0 Å². The Bertz CT molecular complexity index is 560. The Hall–Kier alpha value is -0.620. The third-order valence-electron chi connectivity index (χ3n) is 4.36. The van der Waals surface area contributed by atoms with Crippen LogP contribution < -0.4 is 10.6 Å². The molecule has 0 aliphatic carbocycles. The van der Waals surface area contributed by atoms with E-state index in [2.05, 4.69) is 32.8 Å². The molecule has 0 radical (unpaired) electrons. The van der Waals surface area contributed by atoms with Crippen molar-refractivity contribution in [1.82, 2.24) is 15.5 Å². The molecule has 1 fully saturated rings. The number of halogens is 2. The van der Waals surface area contributed by atoms with Crippen molar-refractivity contribution in [3.8, 4) is 0 Å². The van der Waals surface area contributed by atoms with Gasteiger partial charge in [-0.05, 0) is 49.0 Å². The highest BCUT2D eigenvalue weighted by atomic mass is 35.5. The van der Waals surface area contributed by atoms with Gasteiger partial charge in [-0.25, -0.2) is 0 Å². The van der Waals surface area contributed by atoms with Gasteiger partial charge in [0.15, 0.2) is 5.96 Å². The molecule has 0 bridgehead atoms. The molecule has 1 heterocycles. The molecule has 1 aromatic rings. The first-order valence-electron chi connectivity index (χ1n) is 8.74. The molecule has 140 valence electrons. The molecule has 0 unspecified atom stereocenters. The van der Waals surface area contributed by atoms with Gasteiger partial charge in [-0.15, -0.1) is 0 Å². The number of hydrogen-bond donors (Lipinski definition) is 2.